The van der Waals surface area contributed by atoms with Crippen LogP contribution >= 0.6 is 15.9 Å². The van der Waals surface area contributed by atoms with Crippen molar-refractivity contribution >= 4 is 27.7 Å². The maximum Gasteiger partial charge on any atom is 0.229 e. The van der Waals surface area contributed by atoms with Crippen LogP contribution in [0.3, 0.4) is 0 Å². The fourth-order valence-corrected chi connectivity index (χ4v) is 2.36. The van der Waals surface area contributed by atoms with Gasteiger partial charge in [0, 0.05) is 23.5 Å². The molecule has 0 bridgehead atoms. The van der Waals surface area contributed by atoms with Gasteiger partial charge < -0.3 is 0 Å². The summed E-state index contributed by atoms with van der Waals surface area (Å²) in [6.45, 7) is 4.92. The van der Waals surface area contributed by atoms with E-state index >= 15 is 0 Å². The van der Waals surface area contributed by atoms with E-state index in [0.717, 1.165) is 11.5 Å². The average molecular weight is 283 g/mol. The lowest BCUT2D eigenvalue weighted by Gasteiger charge is -2.16. The van der Waals surface area contributed by atoms with Gasteiger partial charge in [-0.1, -0.05) is 35.8 Å². The Morgan fingerprint density at radius 1 is 1.50 bits per heavy atom. The number of carbonyl (C=O) groups is 1. The third-order valence-electron chi connectivity index (χ3n) is 2.70. The van der Waals surface area contributed by atoms with E-state index < -0.39 is 0 Å². The summed E-state index contributed by atoms with van der Waals surface area (Å²) in [6, 6.07) is 5.86. The Labute approximate surface area is 104 Å². The van der Waals surface area contributed by atoms with Crippen molar-refractivity contribution in [2.24, 2.45) is 0 Å². The molecule has 86 valence electrons. The fourth-order valence-electron chi connectivity index (χ4n) is 1.80. The summed E-state index contributed by atoms with van der Waals surface area (Å²) in [6.07, 6.45) is 0.563. The molecule has 2 heterocycles. The van der Waals surface area contributed by atoms with Crippen LogP contribution in [0.25, 0.3) is 0 Å². The van der Waals surface area contributed by atoms with E-state index in [-0.39, 0.29) is 10.7 Å². The van der Waals surface area contributed by atoms with Gasteiger partial charge >= 0.3 is 0 Å². The number of alkyl halides is 1. The van der Waals surface area contributed by atoms with E-state index in [4.69, 9.17) is 0 Å². The number of pyridine rings is 1. The smallest absolute Gasteiger partial charge is 0.229 e. The van der Waals surface area contributed by atoms with Crippen LogP contribution in [-0.2, 0) is 4.79 Å². The minimum absolute atomic E-state index is 0.148. The number of anilines is 1. The third-order valence-corrected chi connectivity index (χ3v) is 3.32. The Bertz CT molecular complexity index is 406. The summed E-state index contributed by atoms with van der Waals surface area (Å²) in [5.74, 6) is 1.31. The topological polar surface area (TPSA) is 33.2 Å². The molecule has 1 unspecified atom stereocenters. The molecule has 4 heteroatoms. The highest BCUT2D eigenvalue weighted by atomic mass is 79.9. The molecule has 0 N–H and O–H groups in total. The average Bonchev–Trinajstić information content (AvgIpc) is 2.58. The molecule has 1 aliphatic rings. The number of hydrogen-bond acceptors (Lipinski definition) is 2. The van der Waals surface area contributed by atoms with Crippen LogP contribution in [0.4, 0.5) is 5.82 Å². The molecule has 1 amide bonds. The second kappa shape index (κ2) is 4.53. The molecule has 1 fully saturated rings. The van der Waals surface area contributed by atoms with Crippen molar-refractivity contribution < 1.29 is 4.79 Å². The normalized spacial score (nSPS) is 20.9. The number of aromatic nitrogens is 1. The van der Waals surface area contributed by atoms with E-state index in [1.807, 2.05) is 18.2 Å². The third kappa shape index (κ3) is 2.26. The Morgan fingerprint density at radius 2 is 2.25 bits per heavy atom. The van der Waals surface area contributed by atoms with Gasteiger partial charge in [0.05, 0.1) is 0 Å². The van der Waals surface area contributed by atoms with Gasteiger partial charge in [-0.25, -0.2) is 4.98 Å². The Hall–Kier alpha value is -0.900. The zero-order valence-corrected chi connectivity index (χ0v) is 11.1. The van der Waals surface area contributed by atoms with Crippen molar-refractivity contribution in [3.05, 3.63) is 23.9 Å². The molecule has 2 rings (SSSR count). The first-order chi connectivity index (χ1) is 7.58. The molecule has 0 radical (unpaired) electrons. The van der Waals surface area contributed by atoms with E-state index in [9.17, 15) is 4.79 Å². The predicted octanol–water partition coefficient (Wildman–Crippen LogP) is 2.71. The summed E-state index contributed by atoms with van der Waals surface area (Å²) in [5.41, 5.74) is 1.03. The highest BCUT2D eigenvalue weighted by Crippen LogP contribution is 2.24. The summed E-state index contributed by atoms with van der Waals surface area (Å²) in [5, 5.41) is 0. The number of amides is 1. The van der Waals surface area contributed by atoms with Crippen LogP contribution in [0, 0.1) is 0 Å². The van der Waals surface area contributed by atoms with Crippen LogP contribution in [0.5, 0.6) is 0 Å². The van der Waals surface area contributed by atoms with Gasteiger partial charge in [0.1, 0.15) is 5.82 Å². The highest BCUT2D eigenvalue weighted by molar-refractivity contribution is 9.09. The largest absolute Gasteiger partial charge is 0.296 e. The van der Waals surface area contributed by atoms with Crippen molar-refractivity contribution in [3.63, 3.8) is 0 Å². The summed E-state index contributed by atoms with van der Waals surface area (Å²) < 4.78 is 0. The SMILES string of the molecule is CC(C)c1cccc(N2CC(Br)CC2=O)n1. The number of hydrogen-bond donors (Lipinski definition) is 0. The molecule has 3 nitrogen and oxygen atoms in total. The predicted molar refractivity (Wildman–Crippen MR) is 68.0 cm³/mol. The lowest BCUT2D eigenvalue weighted by molar-refractivity contribution is -0.117. The number of nitrogens with zero attached hydrogens (tertiary/aromatic N) is 2. The number of carbonyl (C=O) groups excluding carboxylic acids is 1. The zero-order valence-electron chi connectivity index (χ0n) is 9.48. The molecule has 0 spiro atoms. The first kappa shape index (κ1) is 11.6. The Kier molecular flexibility index (Phi) is 3.28. The maximum atomic E-state index is 11.7. The minimum atomic E-state index is 0.148. The van der Waals surface area contributed by atoms with Crippen LogP contribution in [0.15, 0.2) is 18.2 Å². The highest BCUT2D eigenvalue weighted by Gasteiger charge is 2.29. The van der Waals surface area contributed by atoms with E-state index in [1.54, 1.807) is 4.90 Å². The van der Waals surface area contributed by atoms with E-state index in [1.165, 1.54) is 0 Å². The number of rotatable bonds is 2. The van der Waals surface area contributed by atoms with Gasteiger partial charge in [0.15, 0.2) is 0 Å². The summed E-state index contributed by atoms with van der Waals surface area (Å²) in [7, 11) is 0. The van der Waals surface area contributed by atoms with Gasteiger partial charge in [-0.05, 0) is 18.1 Å². The first-order valence-electron chi connectivity index (χ1n) is 5.49. The molecule has 0 aliphatic carbocycles. The van der Waals surface area contributed by atoms with Crippen LogP contribution in [0.2, 0.25) is 0 Å². The van der Waals surface area contributed by atoms with Crippen molar-refractivity contribution in [2.45, 2.75) is 31.0 Å². The summed E-state index contributed by atoms with van der Waals surface area (Å²) >= 11 is 3.47. The van der Waals surface area contributed by atoms with Crippen molar-refractivity contribution in [3.8, 4) is 0 Å². The quantitative estimate of drug-likeness (QED) is 0.782. The molecule has 16 heavy (non-hydrogen) atoms. The van der Waals surface area contributed by atoms with Crippen molar-refractivity contribution in [2.75, 3.05) is 11.4 Å². The molecular formula is C12H15BrN2O. The molecule has 0 saturated carbocycles. The Balaban J connectivity index is 2.27. The first-order valence-corrected chi connectivity index (χ1v) is 6.41. The van der Waals surface area contributed by atoms with Crippen molar-refractivity contribution in [1.82, 2.24) is 4.98 Å². The molecule has 1 atom stereocenters. The number of halogens is 1. The van der Waals surface area contributed by atoms with Gasteiger partial charge in [-0.2, -0.15) is 0 Å². The molecule has 0 aromatic carbocycles. The van der Waals surface area contributed by atoms with Crippen LogP contribution in [-0.4, -0.2) is 22.3 Å². The molecular weight excluding hydrogens is 268 g/mol. The van der Waals surface area contributed by atoms with E-state index in [0.29, 0.717) is 18.9 Å². The van der Waals surface area contributed by atoms with Gasteiger partial charge in [-0.15, -0.1) is 0 Å². The maximum absolute atomic E-state index is 11.7. The Morgan fingerprint density at radius 3 is 2.81 bits per heavy atom. The van der Waals surface area contributed by atoms with Crippen molar-refractivity contribution in [1.29, 1.82) is 0 Å². The van der Waals surface area contributed by atoms with Gasteiger partial charge in [0.25, 0.3) is 0 Å². The molecule has 1 aromatic heterocycles. The minimum Gasteiger partial charge on any atom is -0.296 e. The van der Waals surface area contributed by atoms with Crippen LogP contribution < -0.4 is 4.90 Å². The molecule has 1 saturated heterocycles. The van der Waals surface area contributed by atoms with Crippen LogP contribution in [0.1, 0.15) is 31.9 Å². The second-order valence-electron chi connectivity index (χ2n) is 4.38. The molecule has 1 aliphatic heterocycles. The second-order valence-corrected chi connectivity index (χ2v) is 5.68. The zero-order chi connectivity index (χ0) is 11.7. The van der Waals surface area contributed by atoms with Gasteiger partial charge in [0.2, 0.25) is 5.91 Å². The monoisotopic (exact) mass is 282 g/mol. The standard InChI is InChI=1S/C12H15BrN2O/c1-8(2)10-4-3-5-11(14-10)15-7-9(13)6-12(15)16/h3-5,8-9H,6-7H2,1-2H3. The molecule has 1 aromatic rings. The lowest BCUT2D eigenvalue weighted by Crippen LogP contribution is -2.25. The summed E-state index contributed by atoms with van der Waals surface area (Å²) in [4.78, 5) is 18.3. The van der Waals surface area contributed by atoms with E-state index in [2.05, 4.69) is 34.8 Å². The van der Waals surface area contributed by atoms with Gasteiger partial charge in [-0.3, -0.25) is 9.69 Å². The lowest BCUT2D eigenvalue weighted by atomic mass is 10.1. The fraction of sp³-hybridized carbons (Fsp3) is 0.500.